The van der Waals surface area contributed by atoms with E-state index in [0.717, 1.165) is 0 Å². The zero-order chi connectivity index (χ0) is 13.2. The Morgan fingerprint density at radius 3 is 2.67 bits per heavy atom. The van der Waals surface area contributed by atoms with E-state index in [4.69, 9.17) is 0 Å². The number of aromatic amines is 1. The number of imidazole rings is 1. The van der Waals surface area contributed by atoms with Crippen LogP contribution in [0.1, 0.15) is 38.4 Å². The molecule has 0 radical (unpaired) electrons. The number of sulfonamides is 1. The highest BCUT2D eigenvalue weighted by Gasteiger charge is 2.25. The van der Waals surface area contributed by atoms with Crippen molar-refractivity contribution in [1.82, 2.24) is 14.7 Å². The second kappa shape index (κ2) is 5.38. The van der Waals surface area contributed by atoms with Gasteiger partial charge in [0, 0.05) is 12.5 Å². The van der Waals surface area contributed by atoms with Gasteiger partial charge in [0.2, 0.25) is 0 Å². The molecule has 1 aromatic rings. The van der Waals surface area contributed by atoms with Crippen molar-refractivity contribution in [2.75, 3.05) is 0 Å². The minimum Gasteiger partial charge on any atom is -0.393 e. The number of hydrogen-bond acceptors (Lipinski definition) is 4. The highest BCUT2D eigenvalue weighted by atomic mass is 32.2. The first kappa shape index (κ1) is 13.5. The lowest BCUT2D eigenvalue weighted by Crippen LogP contribution is -2.38. The van der Waals surface area contributed by atoms with Crippen LogP contribution in [0.15, 0.2) is 11.2 Å². The van der Waals surface area contributed by atoms with E-state index in [-0.39, 0.29) is 17.2 Å². The van der Waals surface area contributed by atoms with Crippen molar-refractivity contribution in [2.45, 2.75) is 56.2 Å². The topological polar surface area (TPSA) is 95.1 Å². The molecule has 0 saturated heterocycles. The number of aryl methyl sites for hydroxylation is 1. The van der Waals surface area contributed by atoms with Crippen molar-refractivity contribution in [3.8, 4) is 0 Å². The third-order valence-electron chi connectivity index (χ3n) is 3.25. The number of nitrogens with one attached hydrogen (secondary N) is 2. The van der Waals surface area contributed by atoms with E-state index >= 15 is 0 Å². The van der Waals surface area contributed by atoms with Gasteiger partial charge in [-0.15, -0.1) is 0 Å². The van der Waals surface area contributed by atoms with Gasteiger partial charge in [0.25, 0.3) is 10.0 Å². The van der Waals surface area contributed by atoms with Gasteiger partial charge in [-0.05, 0) is 25.7 Å². The largest absolute Gasteiger partial charge is 0.393 e. The van der Waals surface area contributed by atoms with Crippen LogP contribution in [-0.2, 0) is 16.4 Å². The van der Waals surface area contributed by atoms with Gasteiger partial charge in [-0.3, -0.25) is 0 Å². The summed E-state index contributed by atoms with van der Waals surface area (Å²) in [5, 5.41) is 9.50. The molecule has 7 heteroatoms. The first-order chi connectivity index (χ1) is 8.51. The molecule has 0 unspecified atom stereocenters. The predicted molar refractivity (Wildman–Crippen MR) is 66.6 cm³/mol. The minimum atomic E-state index is -3.52. The van der Waals surface area contributed by atoms with E-state index < -0.39 is 10.0 Å². The molecular weight excluding hydrogens is 254 g/mol. The summed E-state index contributed by atoms with van der Waals surface area (Å²) in [4.78, 5) is 6.78. The molecule has 0 aromatic carbocycles. The fourth-order valence-electron chi connectivity index (χ4n) is 2.14. The molecule has 102 valence electrons. The van der Waals surface area contributed by atoms with Gasteiger partial charge in [0.1, 0.15) is 5.82 Å². The van der Waals surface area contributed by atoms with Crippen molar-refractivity contribution in [3.63, 3.8) is 0 Å². The number of H-pyrrole nitrogens is 1. The highest BCUT2D eigenvalue weighted by molar-refractivity contribution is 7.89. The van der Waals surface area contributed by atoms with Gasteiger partial charge in [-0.1, -0.05) is 6.92 Å². The van der Waals surface area contributed by atoms with Crippen molar-refractivity contribution in [1.29, 1.82) is 0 Å². The minimum absolute atomic E-state index is 0.0909. The third-order valence-corrected chi connectivity index (χ3v) is 4.68. The van der Waals surface area contributed by atoms with Crippen LogP contribution >= 0.6 is 0 Å². The smallest absolute Gasteiger partial charge is 0.257 e. The zero-order valence-corrected chi connectivity index (χ0v) is 11.2. The fraction of sp³-hybridized carbons (Fsp3) is 0.727. The van der Waals surface area contributed by atoms with Crippen LogP contribution in [0, 0.1) is 0 Å². The summed E-state index contributed by atoms with van der Waals surface area (Å²) in [5.41, 5.74) is 0. The normalized spacial score (nSPS) is 25.2. The standard InChI is InChI=1S/C11H19N3O3S/c1-2-10-12-7-11(13-10)18(16,17)14-8-3-5-9(15)6-4-8/h7-9,14-15H,2-6H2,1H3,(H,12,13). The van der Waals surface area contributed by atoms with Crippen molar-refractivity contribution in [2.24, 2.45) is 0 Å². The number of aliphatic hydroxyl groups is 1. The Kier molecular flexibility index (Phi) is 4.04. The maximum atomic E-state index is 12.1. The van der Waals surface area contributed by atoms with Crippen LogP contribution in [0.3, 0.4) is 0 Å². The van der Waals surface area contributed by atoms with E-state index in [2.05, 4.69) is 14.7 Å². The Balaban J connectivity index is 2.03. The van der Waals surface area contributed by atoms with Crippen LogP contribution in [0.4, 0.5) is 0 Å². The lowest BCUT2D eigenvalue weighted by atomic mass is 9.94. The first-order valence-corrected chi connectivity index (χ1v) is 7.74. The van der Waals surface area contributed by atoms with Crippen LogP contribution in [0.2, 0.25) is 0 Å². The highest BCUT2D eigenvalue weighted by Crippen LogP contribution is 2.20. The number of aliphatic hydroxyl groups excluding tert-OH is 1. The Morgan fingerprint density at radius 1 is 1.44 bits per heavy atom. The quantitative estimate of drug-likeness (QED) is 0.746. The van der Waals surface area contributed by atoms with Gasteiger partial charge in [0.05, 0.1) is 12.3 Å². The molecule has 1 aliphatic rings. The SMILES string of the molecule is CCc1ncc(S(=O)(=O)NC2CCC(O)CC2)[nH]1. The summed E-state index contributed by atoms with van der Waals surface area (Å²) >= 11 is 0. The molecular formula is C11H19N3O3S. The van der Waals surface area contributed by atoms with Crippen molar-refractivity contribution < 1.29 is 13.5 Å². The molecule has 1 heterocycles. The lowest BCUT2D eigenvalue weighted by molar-refractivity contribution is 0.120. The summed E-state index contributed by atoms with van der Waals surface area (Å²) in [5.74, 6) is 0.662. The summed E-state index contributed by atoms with van der Waals surface area (Å²) < 4.78 is 26.8. The van der Waals surface area contributed by atoms with Crippen molar-refractivity contribution >= 4 is 10.0 Å². The van der Waals surface area contributed by atoms with Crippen LogP contribution < -0.4 is 4.72 Å². The molecule has 1 aromatic heterocycles. The molecule has 3 N–H and O–H groups in total. The van der Waals surface area contributed by atoms with E-state index in [1.165, 1.54) is 6.20 Å². The van der Waals surface area contributed by atoms with E-state index in [9.17, 15) is 13.5 Å². The van der Waals surface area contributed by atoms with Crippen molar-refractivity contribution in [3.05, 3.63) is 12.0 Å². The fourth-order valence-corrected chi connectivity index (χ4v) is 3.38. The number of rotatable bonds is 4. The molecule has 0 aliphatic heterocycles. The molecule has 1 saturated carbocycles. The predicted octanol–water partition coefficient (Wildman–Crippen LogP) is 0.554. The Bertz CT molecular complexity index is 489. The van der Waals surface area contributed by atoms with Gasteiger partial charge < -0.3 is 10.1 Å². The lowest BCUT2D eigenvalue weighted by Gasteiger charge is -2.25. The average Bonchev–Trinajstić information content (AvgIpc) is 2.81. The molecule has 0 bridgehead atoms. The Morgan fingerprint density at radius 2 is 2.11 bits per heavy atom. The Hall–Kier alpha value is -0.920. The van der Waals surface area contributed by atoms with Crippen LogP contribution in [0.5, 0.6) is 0 Å². The van der Waals surface area contributed by atoms with Crippen LogP contribution in [-0.4, -0.2) is 35.6 Å². The van der Waals surface area contributed by atoms with Gasteiger partial charge in [-0.25, -0.2) is 18.1 Å². The first-order valence-electron chi connectivity index (χ1n) is 6.25. The number of nitrogens with zero attached hydrogens (tertiary/aromatic N) is 1. The molecule has 2 rings (SSSR count). The summed E-state index contributed by atoms with van der Waals surface area (Å²) in [7, 11) is -3.52. The molecule has 6 nitrogen and oxygen atoms in total. The zero-order valence-electron chi connectivity index (χ0n) is 10.4. The monoisotopic (exact) mass is 273 g/mol. The molecule has 1 aliphatic carbocycles. The number of hydrogen-bond donors (Lipinski definition) is 3. The Labute approximate surface area is 107 Å². The van der Waals surface area contributed by atoms with Crippen LogP contribution in [0.25, 0.3) is 0 Å². The second-order valence-electron chi connectivity index (χ2n) is 4.67. The average molecular weight is 273 g/mol. The molecule has 0 atom stereocenters. The summed E-state index contributed by atoms with van der Waals surface area (Å²) in [6.45, 7) is 1.91. The van der Waals surface area contributed by atoms with E-state index in [1.807, 2.05) is 6.92 Å². The molecule has 18 heavy (non-hydrogen) atoms. The molecule has 0 amide bonds. The summed E-state index contributed by atoms with van der Waals surface area (Å²) in [6, 6.07) is -0.0909. The van der Waals surface area contributed by atoms with Gasteiger partial charge in [0.15, 0.2) is 5.03 Å². The molecule has 0 spiro atoms. The molecule has 1 fully saturated rings. The van der Waals surface area contributed by atoms with Gasteiger partial charge >= 0.3 is 0 Å². The van der Waals surface area contributed by atoms with E-state index in [0.29, 0.717) is 37.9 Å². The van der Waals surface area contributed by atoms with Gasteiger partial charge in [-0.2, -0.15) is 0 Å². The third kappa shape index (κ3) is 3.09. The number of aromatic nitrogens is 2. The van der Waals surface area contributed by atoms with E-state index in [1.54, 1.807) is 0 Å². The maximum absolute atomic E-state index is 12.1. The summed E-state index contributed by atoms with van der Waals surface area (Å²) in [6.07, 6.45) is 4.38. The second-order valence-corrected chi connectivity index (χ2v) is 6.36. The maximum Gasteiger partial charge on any atom is 0.257 e.